The van der Waals surface area contributed by atoms with Crippen LogP contribution in [0.3, 0.4) is 0 Å². The van der Waals surface area contributed by atoms with Crippen molar-refractivity contribution < 1.29 is 9.53 Å². The molecule has 0 radical (unpaired) electrons. The maximum Gasteiger partial charge on any atom is 0.268 e. The van der Waals surface area contributed by atoms with Gasteiger partial charge in [-0.2, -0.15) is 0 Å². The summed E-state index contributed by atoms with van der Waals surface area (Å²) >= 11 is 0. The van der Waals surface area contributed by atoms with Crippen molar-refractivity contribution >= 4 is 11.6 Å². The lowest BCUT2D eigenvalue weighted by Crippen LogP contribution is -2.46. The van der Waals surface area contributed by atoms with Gasteiger partial charge in [0.05, 0.1) is 5.69 Å². The summed E-state index contributed by atoms with van der Waals surface area (Å²) in [4.78, 5) is 14.5. The van der Waals surface area contributed by atoms with E-state index in [1.165, 1.54) is 0 Å². The smallest absolute Gasteiger partial charge is 0.268 e. The molecule has 1 aromatic rings. The Balaban J connectivity index is 2.33. The highest BCUT2D eigenvalue weighted by molar-refractivity contribution is 6.00. The molecule has 0 fully saturated rings. The summed E-state index contributed by atoms with van der Waals surface area (Å²) < 4.78 is 5.89. The van der Waals surface area contributed by atoms with Crippen LogP contribution in [-0.4, -0.2) is 18.6 Å². The Morgan fingerprint density at radius 3 is 2.65 bits per heavy atom. The van der Waals surface area contributed by atoms with Crippen molar-refractivity contribution in [1.29, 1.82) is 0 Å². The molecular formula is C19H30N2O2. The van der Waals surface area contributed by atoms with E-state index in [0.29, 0.717) is 12.3 Å². The summed E-state index contributed by atoms with van der Waals surface area (Å²) in [5, 5.41) is 0. The minimum atomic E-state index is -0.366. The lowest BCUT2D eigenvalue weighted by molar-refractivity contribution is -0.126. The third kappa shape index (κ3) is 4.05. The third-order valence-corrected chi connectivity index (χ3v) is 4.34. The highest BCUT2D eigenvalue weighted by atomic mass is 16.5. The molecule has 128 valence electrons. The molecule has 2 rings (SSSR count). The Kier molecular flexibility index (Phi) is 6.05. The summed E-state index contributed by atoms with van der Waals surface area (Å²) in [6.07, 6.45) is 3.30. The van der Waals surface area contributed by atoms with E-state index in [9.17, 15) is 4.79 Å². The van der Waals surface area contributed by atoms with Crippen LogP contribution in [0.1, 0.15) is 65.0 Å². The van der Waals surface area contributed by atoms with Crippen molar-refractivity contribution in [2.45, 2.75) is 65.5 Å². The summed E-state index contributed by atoms with van der Waals surface area (Å²) in [6, 6.07) is 6.04. The van der Waals surface area contributed by atoms with Crippen LogP contribution in [0.4, 0.5) is 5.69 Å². The number of nitrogens with two attached hydrogens (primary N) is 1. The first-order valence-electron chi connectivity index (χ1n) is 8.85. The van der Waals surface area contributed by atoms with Crippen molar-refractivity contribution in [1.82, 2.24) is 0 Å². The molecule has 23 heavy (non-hydrogen) atoms. The second kappa shape index (κ2) is 7.82. The lowest BCUT2D eigenvalue weighted by atomic mass is 9.96. The molecule has 0 aromatic heterocycles. The molecular weight excluding hydrogens is 288 g/mol. The summed E-state index contributed by atoms with van der Waals surface area (Å²) in [5.41, 5.74) is 8.27. The largest absolute Gasteiger partial charge is 0.478 e. The number of fused-ring (bicyclic) bond motifs is 1. The number of carbonyl (C=O) groups excluding carboxylic acids is 1. The number of anilines is 1. The first-order valence-corrected chi connectivity index (χ1v) is 8.85. The van der Waals surface area contributed by atoms with E-state index in [2.05, 4.69) is 20.8 Å². The zero-order chi connectivity index (χ0) is 17.0. The molecule has 1 aliphatic heterocycles. The van der Waals surface area contributed by atoms with Crippen LogP contribution in [-0.2, 0) is 4.79 Å². The third-order valence-electron chi connectivity index (χ3n) is 4.34. The fourth-order valence-corrected chi connectivity index (χ4v) is 3.02. The van der Waals surface area contributed by atoms with Crippen LogP contribution in [0.2, 0.25) is 0 Å². The number of unbranched alkanes of at least 4 members (excludes halogenated alkanes) is 1. The first-order chi connectivity index (χ1) is 11.0. The van der Waals surface area contributed by atoms with Crippen LogP contribution >= 0.6 is 0 Å². The minimum Gasteiger partial charge on any atom is -0.478 e. The normalized spacial score (nSPS) is 18.8. The number of carbonyl (C=O) groups is 1. The van der Waals surface area contributed by atoms with Gasteiger partial charge in [-0.3, -0.25) is 4.79 Å². The van der Waals surface area contributed by atoms with Gasteiger partial charge in [0.15, 0.2) is 6.10 Å². The molecule has 1 aliphatic rings. The van der Waals surface area contributed by atoms with E-state index in [1.54, 1.807) is 0 Å². The molecule has 0 aliphatic carbocycles. The first kappa shape index (κ1) is 17.8. The number of hydrogen-bond donors (Lipinski definition) is 1. The van der Waals surface area contributed by atoms with Gasteiger partial charge in [0.25, 0.3) is 5.91 Å². The number of rotatable bonds is 7. The zero-order valence-corrected chi connectivity index (χ0v) is 14.8. The Labute approximate surface area is 140 Å². The van der Waals surface area contributed by atoms with Crippen LogP contribution in [0.15, 0.2) is 18.2 Å². The predicted octanol–water partition coefficient (Wildman–Crippen LogP) is 4.04. The van der Waals surface area contributed by atoms with E-state index in [1.807, 2.05) is 30.0 Å². The van der Waals surface area contributed by atoms with Gasteiger partial charge in [0.2, 0.25) is 0 Å². The van der Waals surface area contributed by atoms with Crippen LogP contribution in [0.5, 0.6) is 5.75 Å². The Morgan fingerprint density at radius 2 is 2.04 bits per heavy atom. The molecule has 4 nitrogen and oxygen atoms in total. The van der Waals surface area contributed by atoms with E-state index in [-0.39, 0.29) is 18.1 Å². The van der Waals surface area contributed by atoms with Gasteiger partial charge < -0.3 is 15.4 Å². The van der Waals surface area contributed by atoms with E-state index >= 15 is 0 Å². The van der Waals surface area contributed by atoms with Gasteiger partial charge >= 0.3 is 0 Å². The van der Waals surface area contributed by atoms with Gasteiger partial charge in [0, 0.05) is 12.6 Å². The van der Waals surface area contributed by atoms with E-state index in [4.69, 9.17) is 10.5 Å². The SMILES string of the molecule is CCCCN1C(=O)C(CC)Oc2ccc(C(N)CC(C)C)cc21. The monoisotopic (exact) mass is 318 g/mol. The Bertz CT molecular complexity index is 542. The Hall–Kier alpha value is -1.55. The summed E-state index contributed by atoms with van der Waals surface area (Å²) in [7, 11) is 0. The number of nitrogens with zero attached hydrogens (tertiary/aromatic N) is 1. The summed E-state index contributed by atoms with van der Waals surface area (Å²) in [5.74, 6) is 1.41. The highest BCUT2D eigenvalue weighted by Gasteiger charge is 2.33. The maximum absolute atomic E-state index is 12.7. The standard InChI is InChI=1S/C19H30N2O2/c1-5-7-10-21-16-12-14(15(20)11-13(3)4)8-9-18(16)23-17(6-2)19(21)22/h8-9,12-13,15,17H,5-7,10-11,20H2,1-4H3. The van der Waals surface area contributed by atoms with Crippen molar-refractivity contribution in [2.24, 2.45) is 11.7 Å². The van der Waals surface area contributed by atoms with Crippen molar-refractivity contribution in [3.05, 3.63) is 23.8 Å². The van der Waals surface area contributed by atoms with Crippen LogP contribution in [0, 0.1) is 5.92 Å². The second-order valence-corrected chi connectivity index (χ2v) is 6.82. The fourth-order valence-electron chi connectivity index (χ4n) is 3.02. The molecule has 1 heterocycles. The Morgan fingerprint density at radius 1 is 1.30 bits per heavy atom. The van der Waals surface area contributed by atoms with Crippen molar-refractivity contribution in [3.8, 4) is 5.75 Å². The highest BCUT2D eigenvalue weighted by Crippen LogP contribution is 2.37. The van der Waals surface area contributed by atoms with E-state index < -0.39 is 0 Å². The zero-order valence-electron chi connectivity index (χ0n) is 14.8. The van der Waals surface area contributed by atoms with Gasteiger partial charge in [-0.25, -0.2) is 0 Å². The maximum atomic E-state index is 12.7. The predicted molar refractivity (Wildman–Crippen MR) is 94.8 cm³/mol. The van der Waals surface area contributed by atoms with E-state index in [0.717, 1.165) is 42.8 Å². The van der Waals surface area contributed by atoms with Crippen molar-refractivity contribution in [2.75, 3.05) is 11.4 Å². The average Bonchev–Trinajstić information content (AvgIpc) is 2.52. The lowest BCUT2D eigenvalue weighted by Gasteiger charge is -2.34. The second-order valence-electron chi connectivity index (χ2n) is 6.82. The molecule has 4 heteroatoms. The van der Waals surface area contributed by atoms with Gasteiger partial charge in [-0.15, -0.1) is 0 Å². The molecule has 1 aromatic carbocycles. The number of ether oxygens (including phenoxy) is 1. The van der Waals surface area contributed by atoms with Crippen LogP contribution in [0.25, 0.3) is 0 Å². The van der Waals surface area contributed by atoms with Gasteiger partial charge in [0.1, 0.15) is 5.75 Å². The van der Waals surface area contributed by atoms with Gasteiger partial charge in [-0.05, 0) is 42.9 Å². The van der Waals surface area contributed by atoms with Crippen LogP contribution < -0.4 is 15.4 Å². The number of amides is 1. The summed E-state index contributed by atoms with van der Waals surface area (Å²) in [6.45, 7) is 9.20. The van der Waals surface area contributed by atoms with Crippen molar-refractivity contribution in [3.63, 3.8) is 0 Å². The molecule has 2 N–H and O–H groups in total. The molecule has 0 bridgehead atoms. The number of benzene rings is 1. The average molecular weight is 318 g/mol. The number of hydrogen-bond acceptors (Lipinski definition) is 3. The molecule has 1 amide bonds. The topological polar surface area (TPSA) is 55.6 Å². The minimum absolute atomic E-state index is 0.00711. The van der Waals surface area contributed by atoms with Gasteiger partial charge in [-0.1, -0.05) is 40.2 Å². The molecule has 0 saturated heterocycles. The molecule has 0 saturated carbocycles. The molecule has 2 unspecified atom stereocenters. The molecule has 2 atom stereocenters. The molecule has 0 spiro atoms. The fraction of sp³-hybridized carbons (Fsp3) is 0.632. The quantitative estimate of drug-likeness (QED) is 0.825.